The molecule has 1 saturated heterocycles. The van der Waals surface area contributed by atoms with Crippen molar-refractivity contribution < 1.29 is 4.79 Å². The van der Waals surface area contributed by atoms with E-state index < -0.39 is 0 Å². The number of piperazine rings is 1. The van der Waals surface area contributed by atoms with Crippen molar-refractivity contribution in [1.82, 2.24) is 19.9 Å². The van der Waals surface area contributed by atoms with Gasteiger partial charge in [-0.25, -0.2) is 4.68 Å². The number of anilines is 1. The zero-order valence-electron chi connectivity index (χ0n) is 16.0. The van der Waals surface area contributed by atoms with Crippen LogP contribution in [-0.4, -0.2) is 52.0 Å². The monoisotopic (exact) mass is 439 g/mol. The summed E-state index contributed by atoms with van der Waals surface area (Å²) in [4.78, 5) is 17.2. The van der Waals surface area contributed by atoms with Crippen molar-refractivity contribution in [3.63, 3.8) is 0 Å². The van der Waals surface area contributed by atoms with Gasteiger partial charge in [-0.3, -0.25) is 4.79 Å². The van der Waals surface area contributed by atoms with Gasteiger partial charge in [0, 0.05) is 36.3 Å². The quantitative estimate of drug-likeness (QED) is 0.625. The highest BCUT2D eigenvalue weighted by Gasteiger charge is 2.26. The maximum atomic E-state index is 13.0. The number of hydrogen-bond acceptors (Lipinski definition) is 4. The molecule has 0 radical (unpaired) electrons. The lowest BCUT2D eigenvalue weighted by atomic mass is 10.2. The summed E-state index contributed by atoms with van der Waals surface area (Å²) in [5.74, 6) is -0.0531. The summed E-state index contributed by atoms with van der Waals surface area (Å²) >= 11 is 3.47. The summed E-state index contributed by atoms with van der Waals surface area (Å²) in [6.45, 7) is 6.96. The Balaban J connectivity index is 1.47. The van der Waals surface area contributed by atoms with Crippen LogP contribution in [-0.2, 0) is 0 Å². The van der Waals surface area contributed by atoms with E-state index in [1.807, 2.05) is 36.1 Å². The predicted molar refractivity (Wildman–Crippen MR) is 113 cm³/mol. The number of carbonyl (C=O) groups is 1. The van der Waals surface area contributed by atoms with Crippen molar-refractivity contribution in [2.45, 2.75) is 13.8 Å². The highest BCUT2D eigenvalue weighted by atomic mass is 79.9. The van der Waals surface area contributed by atoms with Crippen LogP contribution in [0, 0.1) is 13.8 Å². The molecule has 28 heavy (non-hydrogen) atoms. The molecule has 0 atom stereocenters. The molecule has 7 heteroatoms. The van der Waals surface area contributed by atoms with Crippen LogP contribution in [0.15, 0.2) is 53.0 Å². The average Bonchev–Trinajstić information content (AvgIpc) is 3.09. The Hall–Kier alpha value is -2.67. The molecule has 2 heterocycles. The summed E-state index contributed by atoms with van der Waals surface area (Å²) in [6, 6.07) is 16.3. The van der Waals surface area contributed by atoms with Crippen molar-refractivity contribution in [1.29, 1.82) is 0 Å². The summed E-state index contributed by atoms with van der Waals surface area (Å²) in [5, 5.41) is 8.38. The van der Waals surface area contributed by atoms with Gasteiger partial charge in [-0.1, -0.05) is 39.3 Å². The Bertz CT molecular complexity index is 1010. The van der Waals surface area contributed by atoms with Gasteiger partial charge in [-0.15, -0.1) is 5.10 Å². The Morgan fingerprint density at radius 2 is 1.68 bits per heavy atom. The molecule has 1 amide bonds. The minimum Gasteiger partial charge on any atom is -0.368 e. The van der Waals surface area contributed by atoms with Crippen LogP contribution in [0.5, 0.6) is 0 Å². The van der Waals surface area contributed by atoms with Gasteiger partial charge in [0.05, 0.1) is 11.4 Å². The number of carbonyl (C=O) groups excluding carboxylic acids is 1. The van der Waals surface area contributed by atoms with Gasteiger partial charge < -0.3 is 9.80 Å². The molecule has 1 aliphatic heterocycles. The molecule has 0 unspecified atom stereocenters. The topological polar surface area (TPSA) is 54.3 Å². The fourth-order valence-corrected chi connectivity index (χ4v) is 3.91. The largest absolute Gasteiger partial charge is 0.368 e. The maximum Gasteiger partial charge on any atom is 0.276 e. The van der Waals surface area contributed by atoms with Crippen molar-refractivity contribution in [3.05, 3.63) is 70.0 Å². The Labute approximate surface area is 172 Å². The fraction of sp³-hybridized carbons (Fsp3) is 0.286. The number of nitrogens with zero attached hydrogens (tertiary/aromatic N) is 5. The van der Waals surface area contributed by atoms with Crippen LogP contribution in [0.2, 0.25) is 0 Å². The summed E-state index contributed by atoms with van der Waals surface area (Å²) in [6.07, 6.45) is 0. The van der Waals surface area contributed by atoms with E-state index in [0.29, 0.717) is 18.8 Å². The molecule has 0 aliphatic carbocycles. The number of aromatic nitrogens is 3. The van der Waals surface area contributed by atoms with Gasteiger partial charge in [0.2, 0.25) is 0 Å². The molecule has 4 rings (SSSR count). The van der Waals surface area contributed by atoms with E-state index in [2.05, 4.69) is 62.3 Å². The number of benzene rings is 2. The van der Waals surface area contributed by atoms with Gasteiger partial charge in [0.1, 0.15) is 0 Å². The molecule has 1 fully saturated rings. The van der Waals surface area contributed by atoms with Crippen LogP contribution in [0.1, 0.15) is 21.7 Å². The molecule has 0 N–H and O–H groups in total. The minimum atomic E-state index is -0.0531. The fourth-order valence-electron chi connectivity index (χ4n) is 3.52. The first kappa shape index (κ1) is 18.7. The summed E-state index contributed by atoms with van der Waals surface area (Å²) in [5.41, 5.74) is 4.51. The van der Waals surface area contributed by atoms with Crippen molar-refractivity contribution >= 4 is 27.5 Å². The second-order valence-corrected chi connectivity index (χ2v) is 7.95. The molecule has 144 valence electrons. The maximum absolute atomic E-state index is 13.0. The molecular weight excluding hydrogens is 418 g/mol. The third kappa shape index (κ3) is 3.67. The van der Waals surface area contributed by atoms with Gasteiger partial charge >= 0.3 is 0 Å². The number of rotatable bonds is 3. The Kier molecular flexibility index (Phi) is 5.17. The van der Waals surface area contributed by atoms with E-state index in [1.54, 1.807) is 4.68 Å². The van der Waals surface area contributed by atoms with E-state index >= 15 is 0 Å². The van der Waals surface area contributed by atoms with Crippen LogP contribution in [0.4, 0.5) is 5.69 Å². The van der Waals surface area contributed by atoms with Crippen molar-refractivity contribution in [2.24, 2.45) is 0 Å². The molecule has 1 aromatic heterocycles. The second-order valence-electron chi connectivity index (χ2n) is 7.03. The highest BCUT2D eigenvalue weighted by Crippen LogP contribution is 2.20. The zero-order valence-corrected chi connectivity index (χ0v) is 17.6. The lowest BCUT2D eigenvalue weighted by molar-refractivity contribution is 0.0740. The van der Waals surface area contributed by atoms with Gasteiger partial charge in [-0.2, -0.15) is 0 Å². The Morgan fingerprint density at radius 3 is 2.39 bits per heavy atom. The molecule has 0 bridgehead atoms. The molecule has 1 aliphatic rings. The van der Waals surface area contributed by atoms with Crippen LogP contribution < -0.4 is 4.90 Å². The number of amides is 1. The van der Waals surface area contributed by atoms with E-state index in [-0.39, 0.29) is 5.91 Å². The molecule has 0 saturated carbocycles. The first-order valence-corrected chi connectivity index (χ1v) is 10.1. The molecule has 3 aromatic rings. The highest BCUT2D eigenvalue weighted by molar-refractivity contribution is 9.10. The third-order valence-electron chi connectivity index (χ3n) is 5.08. The zero-order chi connectivity index (χ0) is 19.7. The number of hydrogen-bond donors (Lipinski definition) is 0. The standard InChI is InChI=1S/C21H22BrN5O/c1-15-5-3-7-18(13-15)25-9-11-26(12-10-25)21(28)20-16(2)27(24-23-20)19-8-4-6-17(22)14-19/h3-8,13-14H,9-12H2,1-2H3. The molecule has 2 aromatic carbocycles. The second kappa shape index (κ2) is 7.75. The summed E-state index contributed by atoms with van der Waals surface area (Å²) < 4.78 is 2.67. The Morgan fingerprint density at radius 1 is 0.964 bits per heavy atom. The van der Waals surface area contributed by atoms with E-state index in [0.717, 1.165) is 28.9 Å². The van der Waals surface area contributed by atoms with E-state index in [4.69, 9.17) is 0 Å². The van der Waals surface area contributed by atoms with Crippen molar-refractivity contribution in [3.8, 4) is 5.69 Å². The molecule has 0 spiro atoms. The predicted octanol–water partition coefficient (Wildman–Crippen LogP) is 3.61. The molecular formula is C21H22BrN5O. The smallest absolute Gasteiger partial charge is 0.276 e. The van der Waals surface area contributed by atoms with E-state index in [1.165, 1.54) is 11.3 Å². The molecule has 6 nitrogen and oxygen atoms in total. The van der Waals surface area contributed by atoms with Crippen molar-refractivity contribution in [2.75, 3.05) is 31.1 Å². The summed E-state index contributed by atoms with van der Waals surface area (Å²) in [7, 11) is 0. The van der Waals surface area contributed by atoms with Crippen LogP contribution in [0.25, 0.3) is 5.69 Å². The van der Waals surface area contributed by atoms with Crippen LogP contribution in [0.3, 0.4) is 0 Å². The van der Waals surface area contributed by atoms with Gasteiger partial charge in [0.25, 0.3) is 5.91 Å². The SMILES string of the molecule is Cc1cccc(N2CCN(C(=O)c3nnn(-c4cccc(Br)c4)c3C)CC2)c1. The first-order chi connectivity index (χ1) is 13.5. The third-order valence-corrected chi connectivity index (χ3v) is 5.58. The average molecular weight is 440 g/mol. The number of halogens is 1. The lowest BCUT2D eigenvalue weighted by Gasteiger charge is -2.36. The minimum absolute atomic E-state index is 0.0531. The van der Waals surface area contributed by atoms with E-state index in [9.17, 15) is 4.79 Å². The van der Waals surface area contributed by atoms with Gasteiger partial charge in [0.15, 0.2) is 5.69 Å². The van der Waals surface area contributed by atoms with Gasteiger partial charge in [-0.05, 0) is 49.7 Å². The normalized spacial score (nSPS) is 14.4. The lowest BCUT2D eigenvalue weighted by Crippen LogP contribution is -2.49. The first-order valence-electron chi connectivity index (χ1n) is 9.32. The van der Waals surface area contributed by atoms with Crippen LogP contribution >= 0.6 is 15.9 Å². The number of aryl methyl sites for hydroxylation is 1.